The first-order valence-electron chi connectivity index (χ1n) is 4.23. The van der Waals surface area contributed by atoms with E-state index in [0.717, 1.165) is 12.0 Å². The van der Waals surface area contributed by atoms with Gasteiger partial charge in [0.25, 0.3) is 0 Å². The molecule has 0 amide bonds. The van der Waals surface area contributed by atoms with Crippen molar-refractivity contribution in [3.8, 4) is 5.88 Å². The lowest BCUT2D eigenvalue weighted by atomic mass is 10.1. The Morgan fingerprint density at radius 1 is 1.50 bits per heavy atom. The van der Waals surface area contributed by atoms with Gasteiger partial charge in [0.15, 0.2) is 0 Å². The minimum atomic E-state index is -0.0246. The van der Waals surface area contributed by atoms with Crippen molar-refractivity contribution in [2.45, 2.75) is 12.5 Å². The van der Waals surface area contributed by atoms with E-state index in [0.29, 0.717) is 12.4 Å². The fourth-order valence-electron chi connectivity index (χ4n) is 1.08. The molecule has 0 bridgehead atoms. The zero-order valence-electron chi connectivity index (χ0n) is 8.14. The van der Waals surface area contributed by atoms with Gasteiger partial charge in [0.2, 0.25) is 5.88 Å². The predicted octanol–water partition coefficient (Wildman–Crippen LogP) is 0.861. The van der Waals surface area contributed by atoms with Crippen LogP contribution in [0.2, 0.25) is 0 Å². The van der Waals surface area contributed by atoms with Crippen molar-refractivity contribution >= 4 is 12.4 Å². The molecule has 0 aliphatic rings. The highest BCUT2D eigenvalue weighted by atomic mass is 35.5. The summed E-state index contributed by atoms with van der Waals surface area (Å²) in [4.78, 5) is 4.06. The van der Waals surface area contributed by atoms with E-state index < -0.39 is 0 Å². The van der Waals surface area contributed by atoms with Gasteiger partial charge in [-0.25, -0.2) is 4.98 Å². The number of rotatable bonds is 4. The van der Waals surface area contributed by atoms with E-state index in [-0.39, 0.29) is 18.4 Å². The van der Waals surface area contributed by atoms with E-state index in [9.17, 15) is 0 Å². The van der Waals surface area contributed by atoms with Gasteiger partial charge in [0.1, 0.15) is 0 Å². The van der Waals surface area contributed by atoms with Crippen molar-refractivity contribution in [1.82, 2.24) is 4.98 Å². The molecule has 4 nitrogen and oxygen atoms in total. The zero-order valence-corrected chi connectivity index (χ0v) is 8.96. The normalized spacial score (nSPS) is 11.6. The Kier molecular flexibility index (Phi) is 6.19. The molecule has 0 radical (unpaired) electrons. The molecule has 80 valence electrons. The SMILES string of the molecule is COc1ccc([C@H](N)CCN)cn1.Cl. The van der Waals surface area contributed by atoms with Crippen molar-refractivity contribution in [3.05, 3.63) is 23.9 Å². The van der Waals surface area contributed by atoms with E-state index in [1.165, 1.54) is 0 Å². The van der Waals surface area contributed by atoms with E-state index in [1.807, 2.05) is 6.07 Å². The van der Waals surface area contributed by atoms with Crippen molar-refractivity contribution in [2.24, 2.45) is 11.5 Å². The van der Waals surface area contributed by atoms with Crippen LogP contribution in [-0.2, 0) is 0 Å². The van der Waals surface area contributed by atoms with Gasteiger partial charge in [0, 0.05) is 18.3 Å². The molecule has 5 heteroatoms. The molecular weight excluding hydrogens is 202 g/mol. The van der Waals surface area contributed by atoms with Crippen molar-refractivity contribution < 1.29 is 4.74 Å². The minimum absolute atomic E-state index is 0. The number of hydrogen-bond donors (Lipinski definition) is 2. The lowest BCUT2D eigenvalue weighted by Gasteiger charge is -2.09. The summed E-state index contributed by atoms with van der Waals surface area (Å²) in [7, 11) is 1.59. The Morgan fingerprint density at radius 3 is 2.64 bits per heavy atom. The molecule has 1 atom stereocenters. The number of aromatic nitrogens is 1. The summed E-state index contributed by atoms with van der Waals surface area (Å²) in [6.45, 7) is 0.590. The third kappa shape index (κ3) is 3.49. The first-order chi connectivity index (χ1) is 6.27. The average molecular weight is 218 g/mol. The monoisotopic (exact) mass is 217 g/mol. The maximum Gasteiger partial charge on any atom is 0.212 e. The lowest BCUT2D eigenvalue weighted by molar-refractivity contribution is 0.397. The number of ether oxygens (including phenoxy) is 1. The Bertz CT molecular complexity index is 253. The van der Waals surface area contributed by atoms with Crippen molar-refractivity contribution in [2.75, 3.05) is 13.7 Å². The molecule has 1 rings (SSSR count). The van der Waals surface area contributed by atoms with Crippen LogP contribution in [0.15, 0.2) is 18.3 Å². The van der Waals surface area contributed by atoms with Gasteiger partial charge in [-0.3, -0.25) is 0 Å². The Hall–Kier alpha value is -0.840. The maximum absolute atomic E-state index is 5.84. The number of methoxy groups -OCH3 is 1. The maximum atomic E-state index is 5.84. The molecule has 1 heterocycles. The second-order valence-electron chi connectivity index (χ2n) is 2.82. The van der Waals surface area contributed by atoms with Gasteiger partial charge in [-0.05, 0) is 18.5 Å². The van der Waals surface area contributed by atoms with E-state index in [1.54, 1.807) is 19.4 Å². The summed E-state index contributed by atoms with van der Waals surface area (Å²) in [5.74, 6) is 0.601. The molecule has 0 fully saturated rings. The molecular formula is C9H16ClN3O. The summed E-state index contributed by atoms with van der Waals surface area (Å²) in [5, 5.41) is 0. The van der Waals surface area contributed by atoms with E-state index >= 15 is 0 Å². The highest BCUT2D eigenvalue weighted by molar-refractivity contribution is 5.85. The molecule has 0 saturated carbocycles. The molecule has 0 aromatic carbocycles. The smallest absolute Gasteiger partial charge is 0.212 e. The summed E-state index contributed by atoms with van der Waals surface area (Å²) in [6.07, 6.45) is 2.49. The fourth-order valence-corrected chi connectivity index (χ4v) is 1.08. The molecule has 0 aliphatic heterocycles. The largest absolute Gasteiger partial charge is 0.481 e. The van der Waals surface area contributed by atoms with Crippen LogP contribution in [0.4, 0.5) is 0 Å². The molecule has 1 aromatic rings. The first kappa shape index (κ1) is 13.2. The summed E-state index contributed by atoms with van der Waals surface area (Å²) in [6, 6.07) is 3.68. The third-order valence-corrected chi connectivity index (χ3v) is 1.87. The average Bonchev–Trinajstić information content (AvgIpc) is 2.18. The predicted molar refractivity (Wildman–Crippen MR) is 58.6 cm³/mol. The number of pyridine rings is 1. The van der Waals surface area contributed by atoms with Crippen LogP contribution in [0, 0.1) is 0 Å². The molecule has 0 saturated heterocycles. The van der Waals surface area contributed by atoms with Crippen LogP contribution in [-0.4, -0.2) is 18.6 Å². The second kappa shape index (κ2) is 6.59. The zero-order chi connectivity index (χ0) is 9.68. The Morgan fingerprint density at radius 2 is 2.21 bits per heavy atom. The molecule has 14 heavy (non-hydrogen) atoms. The van der Waals surface area contributed by atoms with Crippen LogP contribution in [0.5, 0.6) is 5.88 Å². The van der Waals surface area contributed by atoms with E-state index in [4.69, 9.17) is 16.2 Å². The van der Waals surface area contributed by atoms with Crippen LogP contribution in [0.3, 0.4) is 0 Å². The molecule has 1 aromatic heterocycles. The fraction of sp³-hybridized carbons (Fsp3) is 0.444. The van der Waals surface area contributed by atoms with Crippen LogP contribution in [0.25, 0.3) is 0 Å². The first-order valence-corrected chi connectivity index (χ1v) is 4.23. The standard InChI is InChI=1S/C9H15N3O.ClH/c1-13-9-3-2-7(6-12-9)8(11)4-5-10;/h2-3,6,8H,4-5,10-11H2,1H3;1H/t8-;/m1./s1. The molecule has 4 N–H and O–H groups in total. The van der Waals surface area contributed by atoms with Gasteiger partial charge in [-0.1, -0.05) is 6.07 Å². The van der Waals surface area contributed by atoms with Gasteiger partial charge < -0.3 is 16.2 Å². The van der Waals surface area contributed by atoms with Gasteiger partial charge >= 0.3 is 0 Å². The summed E-state index contributed by atoms with van der Waals surface area (Å²) >= 11 is 0. The third-order valence-electron chi connectivity index (χ3n) is 1.87. The van der Waals surface area contributed by atoms with E-state index in [2.05, 4.69) is 4.98 Å². The number of nitrogens with zero attached hydrogens (tertiary/aromatic N) is 1. The number of hydrogen-bond acceptors (Lipinski definition) is 4. The number of halogens is 1. The van der Waals surface area contributed by atoms with Gasteiger partial charge in [-0.2, -0.15) is 0 Å². The van der Waals surface area contributed by atoms with Crippen LogP contribution < -0.4 is 16.2 Å². The van der Waals surface area contributed by atoms with Crippen molar-refractivity contribution in [3.63, 3.8) is 0 Å². The second-order valence-corrected chi connectivity index (χ2v) is 2.82. The molecule has 0 unspecified atom stereocenters. The van der Waals surface area contributed by atoms with Gasteiger partial charge in [-0.15, -0.1) is 12.4 Å². The summed E-state index contributed by atoms with van der Waals surface area (Å²) < 4.78 is 4.93. The number of nitrogens with two attached hydrogens (primary N) is 2. The topological polar surface area (TPSA) is 74.2 Å². The summed E-state index contributed by atoms with van der Waals surface area (Å²) in [5.41, 5.74) is 12.2. The minimum Gasteiger partial charge on any atom is -0.481 e. The molecule has 0 aliphatic carbocycles. The Balaban J connectivity index is 0.00000169. The lowest BCUT2D eigenvalue weighted by Crippen LogP contribution is -2.15. The molecule has 0 spiro atoms. The van der Waals surface area contributed by atoms with Gasteiger partial charge in [0.05, 0.1) is 7.11 Å². The van der Waals surface area contributed by atoms with Crippen LogP contribution >= 0.6 is 12.4 Å². The quantitative estimate of drug-likeness (QED) is 0.785. The van der Waals surface area contributed by atoms with Crippen molar-refractivity contribution in [1.29, 1.82) is 0 Å². The Labute approximate surface area is 90.1 Å². The highest BCUT2D eigenvalue weighted by Crippen LogP contribution is 2.14. The van der Waals surface area contributed by atoms with Crippen LogP contribution in [0.1, 0.15) is 18.0 Å². The highest BCUT2D eigenvalue weighted by Gasteiger charge is 2.04.